The van der Waals surface area contributed by atoms with Crippen LogP contribution < -0.4 is 4.74 Å². The summed E-state index contributed by atoms with van der Waals surface area (Å²) in [5.41, 5.74) is 0.294. The van der Waals surface area contributed by atoms with Crippen molar-refractivity contribution in [1.29, 1.82) is 0 Å². The third-order valence-corrected chi connectivity index (χ3v) is 2.89. The quantitative estimate of drug-likeness (QED) is 0.754. The van der Waals surface area contributed by atoms with Crippen LogP contribution in [0.4, 0.5) is 0 Å². The summed E-state index contributed by atoms with van der Waals surface area (Å²) in [6, 6.07) is 6.64. The molecule has 0 heterocycles. The second-order valence-electron chi connectivity index (χ2n) is 4.50. The third-order valence-electron chi connectivity index (χ3n) is 2.89. The molecule has 1 rings (SSSR count). The fraction of sp³-hybridized carbons (Fsp3) is 0.533. The van der Waals surface area contributed by atoms with E-state index in [9.17, 15) is 4.79 Å². The van der Waals surface area contributed by atoms with Crippen LogP contribution in [0.15, 0.2) is 24.3 Å². The maximum atomic E-state index is 10.7. The lowest BCUT2D eigenvalue weighted by Gasteiger charge is -2.18. The topological polar surface area (TPSA) is 46.5 Å². The lowest BCUT2D eigenvalue weighted by molar-refractivity contribution is 0.0697. The lowest BCUT2D eigenvalue weighted by Crippen LogP contribution is -2.16. The Morgan fingerprint density at radius 3 is 2.33 bits per heavy atom. The van der Waals surface area contributed by atoms with E-state index in [1.165, 1.54) is 6.42 Å². The largest absolute Gasteiger partial charge is 0.490 e. The van der Waals surface area contributed by atoms with E-state index in [-0.39, 0.29) is 6.10 Å². The van der Waals surface area contributed by atoms with Gasteiger partial charge in [0.05, 0.1) is 11.7 Å². The van der Waals surface area contributed by atoms with Gasteiger partial charge >= 0.3 is 5.97 Å². The van der Waals surface area contributed by atoms with E-state index in [2.05, 4.69) is 13.8 Å². The van der Waals surface area contributed by atoms with Crippen LogP contribution in [0.1, 0.15) is 56.3 Å². The summed E-state index contributed by atoms with van der Waals surface area (Å²) in [6.07, 6.45) is 5.78. The molecule has 1 aromatic carbocycles. The van der Waals surface area contributed by atoms with Crippen molar-refractivity contribution in [2.75, 3.05) is 0 Å². The van der Waals surface area contributed by atoms with Crippen molar-refractivity contribution in [2.45, 2.75) is 52.1 Å². The zero-order chi connectivity index (χ0) is 13.4. The fourth-order valence-corrected chi connectivity index (χ4v) is 1.88. The second-order valence-corrected chi connectivity index (χ2v) is 4.50. The van der Waals surface area contributed by atoms with E-state index in [1.54, 1.807) is 24.3 Å². The summed E-state index contributed by atoms with van der Waals surface area (Å²) in [6.45, 7) is 4.32. The van der Waals surface area contributed by atoms with Crippen molar-refractivity contribution in [1.82, 2.24) is 0 Å². The van der Waals surface area contributed by atoms with Crippen LogP contribution in [-0.2, 0) is 0 Å². The van der Waals surface area contributed by atoms with E-state index in [0.29, 0.717) is 5.56 Å². The summed E-state index contributed by atoms with van der Waals surface area (Å²) in [5.74, 6) is -0.146. The Bertz CT molecular complexity index is 357. The first kappa shape index (κ1) is 14.6. The zero-order valence-corrected chi connectivity index (χ0v) is 11.2. The van der Waals surface area contributed by atoms with Gasteiger partial charge in [0.15, 0.2) is 0 Å². The van der Waals surface area contributed by atoms with Gasteiger partial charge in [-0.2, -0.15) is 0 Å². The summed E-state index contributed by atoms with van der Waals surface area (Å²) in [5, 5.41) is 8.82. The molecule has 3 heteroatoms. The molecule has 3 nitrogen and oxygen atoms in total. The highest BCUT2D eigenvalue weighted by molar-refractivity contribution is 5.87. The predicted octanol–water partition coefficient (Wildman–Crippen LogP) is 4.12. The van der Waals surface area contributed by atoms with Gasteiger partial charge in [0.1, 0.15) is 5.75 Å². The summed E-state index contributed by atoms with van der Waals surface area (Å²) in [4.78, 5) is 10.7. The van der Waals surface area contributed by atoms with Crippen molar-refractivity contribution >= 4 is 5.97 Å². The number of carboxylic acid groups (broad SMARTS) is 1. The van der Waals surface area contributed by atoms with Crippen LogP contribution in [0.2, 0.25) is 0 Å². The van der Waals surface area contributed by atoms with E-state index in [1.807, 2.05) is 0 Å². The second kappa shape index (κ2) is 7.75. The van der Waals surface area contributed by atoms with Gasteiger partial charge in [-0.25, -0.2) is 4.79 Å². The van der Waals surface area contributed by atoms with Crippen molar-refractivity contribution < 1.29 is 14.6 Å². The molecule has 100 valence electrons. The third kappa shape index (κ3) is 4.78. The summed E-state index contributed by atoms with van der Waals surface area (Å²) in [7, 11) is 0. The predicted molar refractivity (Wildman–Crippen MR) is 72.3 cm³/mol. The van der Waals surface area contributed by atoms with Gasteiger partial charge in [0.2, 0.25) is 0 Å². The van der Waals surface area contributed by atoms with Gasteiger partial charge in [0, 0.05) is 0 Å². The molecule has 1 aromatic rings. The first-order valence-electron chi connectivity index (χ1n) is 6.67. The summed E-state index contributed by atoms with van der Waals surface area (Å²) >= 11 is 0. The van der Waals surface area contributed by atoms with E-state index < -0.39 is 5.97 Å². The minimum atomic E-state index is -0.905. The molecule has 0 radical (unpaired) electrons. The minimum absolute atomic E-state index is 0.241. The molecular weight excluding hydrogens is 228 g/mol. The smallest absolute Gasteiger partial charge is 0.335 e. The Balaban J connectivity index is 2.59. The van der Waals surface area contributed by atoms with Gasteiger partial charge in [-0.1, -0.05) is 33.1 Å². The standard InChI is InChI=1S/C15H22O3/c1-3-5-7-13(6-4-2)18-14-10-8-12(9-11-14)15(16)17/h8-11,13H,3-7H2,1-2H3,(H,16,17). The van der Waals surface area contributed by atoms with Gasteiger partial charge in [0.25, 0.3) is 0 Å². The van der Waals surface area contributed by atoms with Gasteiger partial charge in [-0.15, -0.1) is 0 Å². The van der Waals surface area contributed by atoms with Crippen molar-refractivity contribution in [3.63, 3.8) is 0 Å². The maximum Gasteiger partial charge on any atom is 0.335 e. The first-order chi connectivity index (χ1) is 8.67. The molecule has 0 amide bonds. The number of aromatic carboxylic acids is 1. The molecule has 0 aliphatic rings. The fourth-order valence-electron chi connectivity index (χ4n) is 1.88. The molecule has 0 aliphatic carbocycles. The molecule has 0 bridgehead atoms. The lowest BCUT2D eigenvalue weighted by atomic mass is 10.1. The van der Waals surface area contributed by atoms with Crippen molar-refractivity contribution in [3.8, 4) is 5.75 Å². The number of rotatable bonds is 8. The number of carboxylic acids is 1. The van der Waals surface area contributed by atoms with Gasteiger partial charge in [-0.05, 0) is 37.1 Å². The Hall–Kier alpha value is -1.51. The Morgan fingerprint density at radius 1 is 1.17 bits per heavy atom. The summed E-state index contributed by atoms with van der Waals surface area (Å²) < 4.78 is 5.90. The first-order valence-corrected chi connectivity index (χ1v) is 6.67. The molecule has 0 fully saturated rings. The molecule has 1 atom stereocenters. The molecule has 18 heavy (non-hydrogen) atoms. The number of carbonyl (C=O) groups is 1. The molecule has 0 saturated heterocycles. The number of ether oxygens (including phenoxy) is 1. The average Bonchev–Trinajstić information content (AvgIpc) is 2.37. The van der Waals surface area contributed by atoms with Crippen LogP contribution in [-0.4, -0.2) is 17.2 Å². The number of unbranched alkanes of at least 4 members (excludes halogenated alkanes) is 1. The Kier molecular flexibility index (Phi) is 6.26. The van der Waals surface area contributed by atoms with Crippen LogP contribution in [0.25, 0.3) is 0 Å². The highest BCUT2D eigenvalue weighted by Crippen LogP contribution is 2.18. The van der Waals surface area contributed by atoms with Gasteiger partial charge in [-0.3, -0.25) is 0 Å². The normalized spacial score (nSPS) is 12.1. The molecule has 1 unspecified atom stereocenters. The van der Waals surface area contributed by atoms with Crippen LogP contribution in [0, 0.1) is 0 Å². The number of hydrogen-bond acceptors (Lipinski definition) is 2. The van der Waals surface area contributed by atoms with E-state index in [4.69, 9.17) is 9.84 Å². The highest BCUT2D eigenvalue weighted by atomic mass is 16.5. The molecule has 0 aliphatic heterocycles. The number of hydrogen-bond donors (Lipinski definition) is 1. The van der Waals surface area contributed by atoms with Crippen LogP contribution in [0.5, 0.6) is 5.75 Å². The Morgan fingerprint density at radius 2 is 1.83 bits per heavy atom. The maximum absolute atomic E-state index is 10.7. The SMILES string of the molecule is CCCCC(CCC)Oc1ccc(C(=O)O)cc1. The van der Waals surface area contributed by atoms with E-state index in [0.717, 1.165) is 31.4 Å². The minimum Gasteiger partial charge on any atom is -0.490 e. The average molecular weight is 250 g/mol. The zero-order valence-electron chi connectivity index (χ0n) is 11.2. The molecule has 0 spiro atoms. The van der Waals surface area contributed by atoms with Crippen LogP contribution >= 0.6 is 0 Å². The molecule has 0 aromatic heterocycles. The van der Waals surface area contributed by atoms with Crippen LogP contribution in [0.3, 0.4) is 0 Å². The van der Waals surface area contributed by atoms with Crippen molar-refractivity contribution in [2.24, 2.45) is 0 Å². The van der Waals surface area contributed by atoms with Crippen molar-refractivity contribution in [3.05, 3.63) is 29.8 Å². The van der Waals surface area contributed by atoms with E-state index >= 15 is 0 Å². The highest BCUT2D eigenvalue weighted by Gasteiger charge is 2.09. The van der Waals surface area contributed by atoms with Gasteiger partial charge < -0.3 is 9.84 Å². The molecule has 0 saturated carbocycles. The molecule has 1 N–H and O–H groups in total. The molecular formula is C15H22O3. The monoisotopic (exact) mass is 250 g/mol. The number of benzene rings is 1. The Labute approximate surface area is 109 Å².